The molecule has 118 valence electrons. The molecule has 1 N–H and O–H groups in total. The van der Waals surface area contributed by atoms with Crippen LogP contribution in [0.5, 0.6) is 0 Å². The molecule has 1 aliphatic carbocycles. The third kappa shape index (κ3) is 2.61. The van der Waals surface area contributed by atoms with Crippen LogP contribution in [0.2, 0.25) is 0 Å². The van der Waals surface area contributed by atoms with Gasteiger partial charge >= 0.3 is 6.09 Å². The van der Waals surface area contributed by atoms with E-state index in [0.717, 1.165) is 25.7 Å². The maximum absolute atomic E-state index is 12.7. The zero-order chi connectivity index (χ0) is 15.7. The number of fused-ring (bicyclic) bond motifs is 1. The smallest absolute Gasteiger partial charge is 0.417 e. The Hall–Kier alpha value is -1.88. The largest absolute Gasteiger partial charge is 0.444 e. The standard InChI is InChI=1S/C17H21NO4/c1-11(15(19)12-7-3-2-4-8-12)16(20)18-13-9-5-6-10-14(13)22-17(18)21/h2-4,7-8,11,13-15,19H,5-6,9-10H2,1H3/t11-,13-,14-,15-/m1/s1. The molecule has 2 fully saturated rings. The summed E-state index contributed by atoms with van der Waals surface area (Å²) in [7, 11) is 0. The SMILES string of the molecule is C[C@@H](C(=O)N1C(=O)O[C@@H]2CCCC[C@H]21)[C@@H](O)c1ccccc1. The number of aliphatic hydroxyl groups is 1. The topological polar surface area (TPSA) is 66.8 Å². The lowest BCUT2D eigenvalue weighted by Gasteiger charge is -2.29. The van der Waals surface area contributed by atoms with E-state index in [4.69, 9.17) is 4.74 Å². The zero-order valence-corrected chi connectivity index (χ0v) is 12.6. The van der Waals surface area contributed by atoms with Crippen LogP contribution in [0, 0.1) is 5.92 Å². The average molecular weight is 303 g/mol. The van der Waals surface area contributed by atoms with Gasteiger partial charge in [0.1, 0.15) is 6.10 Å². The summed E-state index contributed by atoms with van der Waals surface area (Å²) in [6, 6.07) is 8.88. The molecular formula is C17H21NO4. The van der Waals surface area contributed by atoms with E-state index in [1.54, 1.807) is 19.1 Å². The van der Waals surface area contributed by atoms with Gasteiger partial charge in [-0.1, -0.05) is 43.7 Å². The van der Waals surface area contributed by atoms with Crippen LogP contribution in [-0.2, 0) is 9.53 Å². The summed E-state index contributed by atoms with van der Waals surface area (Å²) in [6.07, 6.45) is 1.96. The molecule has 1 heterocycles. The van der Waals surface area contributed by atoms with E-state index in [0.29, 0.717) is 5.56 Å². The molecule has 0 aromatic heterocycles. The van der Waals surface area contributed by atoms with Crippen LogP contribution in [0.1, 0.15) is 44.3 Å². The molecule has 1 saturated carbocycles. The molecule has 22 heavy (non-hydrogen) atoms. The molecule has 5 heteroatoms. The molecule has 3 rings (SSSR count). The van der Waals surface area contributed by atoms with Gasteiger partial charge in [0.2, 0.25) is 5.91 Å². The van der Waals surface area contributed by atoms with Gasteiger partial charge in [-0.15, -0.1) is 0 Å². The van der Waals surface area contributed by atoms with Crippen LogP contribution in [0.4, 0.5) is 4.79 Å². The minimum Gasteiger partial charge on any atom is -0.444 e. The molecule has 0 radical (unpaired) electrons. The van der Waals surface area contributed by atoms with Crippen molar-refractivity contribution in [3.05, 3.63) is 35.9 Å². The van der Waals surface area contributed by atoms with Crippen molar-refractivity contribution in [1.82, 2.24) is 4.90 Å². The van der Waals surface area contributed by atoms with E-state index in [9.17, 15) is 14.7 Å². The minimum atomic E-state index is -0.927. The molecule has 1 saturated heterocycles. The molecule has 1 aromatic rings. The van der Waals surface area contributed by atoms with Gasteiger partial charge in [-0.05, 0) is 24.8 Å². The molecule has 1 aliphatic heterocycles. The van der Waals surface area contributed by atoms with Crippen molar-refractivity contribution in [2.24, 2.45) is 5.92 Å². The first kappa shape index (κ1) is 15.0. The van der Waals surface area contributed by atoms with E-state index >= 15 is 0 Å². The molecular weight excluding hydrogens is 282 g/mol. The quantitative estimate of drug-likeness (QED) is 0.932. The van der Waals surface area contributed by atoms with Crippen LogP contribution in [0.25, 0.3) is 0 Å². The van der Waals surface area contributed by atoms with Crippen molar-refractivity contribution in [2.75, 3.05) is 0 Å². The monoisotopic (exact) mass is 303 g/mol. The normalized spacial score (nSPS) is 27.0. The van der Waals surface area contributed by atoms with Crippen LogP contribution in [0.15, 0.2) is 30.3 Å². The molecule has 0 unspecified atom stereocenters. The highest BCUT2D eigenvalue weighted by Crippen LogP contribution is 2.34. The maximum atomic E-state index is 12.7. The van der Waals surface area contributed by atoms with Crippen molar-refractivity contribution in [2.45, 2.75) is 50.9 Å². The van der Waals surface area contributed by atoms with Crippen molar-refractivity contribution in [3.8, 4) is 0 Å². The predicted octanol–water partition coefficient (Wildman–Crippen LogP) is 2.65. The van der Waals surface area contributed by atoms with Gasteiger partial charge in [0, 0.05) is 0 Å². The van der Waals surface area contributed by atoms with Crippen LogP contribution < -0.4 is 0 Å². The highest BCUT2D eigenvalue weighted by Gasteiger charge is 2.47. The van der Waals surface area contributed by atoms with Gasteiger partial charge in [0.25, 0.3) is 0 Å². The highest BCUT2D eigenvalue weighted by molar-refractivity contribution is 5.95. The summed E-state index contributed by atoms with van der Waals surface area (Å²) in [4.78, 5) is 26.0. The molecule has 0 spiro atoms. The second-order valence-corrected chi connectivity index (χ2v) is 6.13. The fourth-order valence-corrected chi connectivity index (χ4v) is 3.38. The predicted molar refractivity (Wildman–Crippen MR) is 79.9 cm³/mol. The van der Waals surface area contributed by atoms with Gasteiger partial charge < -0.3 is 9.84 Å². The van der Waals surface area contributed by atoms with E-state index in [1.807, 2.05) is 18.2 Å². The molecule has 2 aliphatic rings. The van der Waals surface area contributed by atoms with Crippen LogP contribution >= 0.6 is 0 Å². The molecule has 2 amide bonds. The van der Waals surface area contributed by atoms with Crippen molar-refractivity contribution < 1.29 is 19.4 Å². The average Bonchev–Trinajstić information content (AvgIpc) is 2.89. The minimum absolute atomic E-state index is 0.167. The molecule has 0 bridgehead atoms. The Morgan fingerprint density at radius 3 is 2.68 bits per heavy atom. The fourth-order valence-electron chi connectivity index (χ4n) is 3.38. The summed E-state index contributed by atoms with van der Waals surface area (Å²) in [5.74, 6) is -1.04. The van der Waals surface area contributed by atoms with Crippen LogP contribution in [0.3, 0.4) is 0 Å². The molecule has 5 nitrogen and oxygen atoms in total. The van der Waals surface area contributed by atoms with Gasteiger partial charge in [-0.2, -0.15) is 0 Å². The Kier molecular flexibility index (Phi) is 4.16. The number of hydrogen-bond donors (Lipinski definition) is 1. The summed E-state index contributed by atoms with van der Waals surface area (Å²) in [5.41, 5.74) is 0.677. The number of imide groups is 1. The van der Waals surface area contributed by atoms with E-state index in [2.05, 4.69) is 0 Å². The second kappa shape index (κ2) is 6.08. The molecule has 1 aromatic carbocycles. The van der Waals surface area contributed by atoms with E-state index < -0.39 is 18.1 Å². The Morgan fingerprint density at radius 1 is 1.27 bits per heavy atom. The number of rotatable bonds is 3. The van der Waals surface area contributed by atoms with Crippen LogP contribution in [-0.4, -0.2) is 34.2 Å². The molecule has 4 atom stereocenters. The lowest BCUT2D eigenvalue weighted by molar-refractivity contribution is -0.137. The summed E-state index contributed by atoms with van der Waals surface area (Å²) in [6.45, 7) is 1.66. The summed E-state index contributed by atoms with van der Waals surface area (Å²) >= 11 is 0. The summed E-state index contributed by atoms with van der Waals surface area (Å²) in [5, 5.41) is 10.4. The number of ether oxygens (including phenoxy) is 1. The Morgan fingerprint density at radius 2 is 1.95 bits per heavy atom. The second-order valence-electron chi connectivity index (χ2n) is 6.13. The first-order valence-corrected chi connectivity index (χ1v) is 7.86. The lowest BCUT2D eigenvalue weighted by atomic mass is 9.90. The van der Waals surface area contributed by atoms with Crippen molar-refractivity contribution in [1.29, 1.82) is 0 Å². The third-order valence-corrected chi connectivity index (χ3v) is 4.69. The Bertz CT molecular complexity index is 559. The zero-order valence-electron chi connectivity index (χ0n) is 12.6. The van der Waals surface area contributed by atoms with Gasteiger partial charge in [-0.25, -0.2) is 9.69 Å². The Balaban J connectivity index is 1.76. The fraction of sp³-hybridized carbons (Fsp3) is 0.529. The first-order chi connectivity index (χ1) is 10.6. The van der Waals surface area contributed by atoms with Gasteiger partial charge in [-0.3, -0.25) is 4.79 Å². The number of benzene rings is 1. The summed E-state index contributed by atoms with van der Waals surface area (Å²) < 4.78 is 5.32. The number of aliphatic hydroxyl groups excluding tert-OH is 1. The number of amides is 2. The van der Waals surface area contributed by atoms with Crippen molar-refractivity contribution >= 4 is 12.0 Å². The van der Waals surface area contributed by atoms with Gasteiger partial charge in [0.05, 0.1) is 18.1 Å². The van der Waals surface area contributed by atoms with Gasteiger partial charge in [0.15, 0.2) is 0 Å². The number of carbonyl (C=O) groups is 2. The number of carbonyl (C=O) groups excluding carboxylic acids is 2. The Labute approximate surface area is 129 Å². The third-order valence-electron chi connectivity index (χ3n) is 4.69. The lowest BCUT2D eigenvalue weighted by Crippen LogP contribution is -2.45. The van der Waals surface area contributed by atoms with E-state index in [-0.39, 0.29) is 18.1 Å². The van der Waals surface area contributed by atoms with Crippen molar-refractivity contribution in [3.63, 3.8) is 0 Å². The number of nitrogens with zero attached hydrogens (tertiary/aromatic N) is 1. The maximum Gasteiger partial charge on any atom is 0.417 e. The highest BCUT2D eigenvalue weighted by atomic mass is 16.6. The van der Waals surface area contributed by atoms with E-state index in [1.165, 1.54) is 4.90 Å². The number of hydrogen-bond acceptors (Lipinski definition) is 4. The first-order valence-electron chi connectivity index (χ1n) is 7.86.